The predicted octanol–water partition coefficient (Wildman–Crippen LogP) is 1.47. The SMILES string of the molecule is [C]1=NOC2(N3CCCC3)CCCC12. The largest absolute Gasteiger partial charge is 0.372 e. The van der Waals surface area contributed by atoms with Gasteiger partial charge >= 0.3 is 0 Å². The minimum atomic E-state index is -0.0590. The van der Waals surface area contributed by atoms with Crippen molar-refractivity contribution in [2.75, 3.05) is 13.1 Å². The molecule has 0 spiro atoms. The van der Waals surface area contributed by atoms with E-state index in [0.717, 1.165) is 6.42 Å². The number of nitrogens with zero attached hydrogens (tertiary/aromatic N) is 2. The molecule has 2 unspecified atom stereocenters. The molecule has 1 saturated carbocycles. The summed E-state index contributed by atoms with van der Waals surface area (Å²) >= 11 is 0. The lowest BCUT2D eigenvalue weighted by Crippen LogP contribution is -2.49. The summed E-state index contributed by atoms with van der Waals surface area (Å²) in [4.78, 5) is 8.07. The van der Waals surface area contributed by atoms with Gasteiger partial charge in [-0.2, -0.15) is 0 Å². The molecule has 71 valence electrons. The van der Waals surface area contributed by atoms with E-state index in [0.29, 0.717) is 5.92 Å². The van der Waals surface area contributed by atoms with Crippen molar-refractivity contribution in [2.45, 2.75) is 37.8 Å². The van der Waals surface area contributed by atoms with E-state index in [1.54, 1.807) is 0 Å². The average Bonchev–Trinajstić information content (AvgIpc) is 2.79. The van der Waals surface area contributed by atoms with Crippen LogP contribution in [0.3, 0.4) is 0 Å². The Morgan fingerprint density at radius 2 is 2.15 bits per heavy atom. The lowest BCUT2D eigenvalue weighted by atomic mass is 10.0. The van der Waals surface area contributed by atoms with Crippen LogP contribution in [0.1, 0.15) is 32.1 Å². The Balaban J connectivity index is 1.86. The van der Waals surface area contributed by atoms with Crippen LogP contribution in [0.2, 0.25) is 0 Å². The second-order valence-electron chi connectivity index (χ2n) is 4.30. The van der Waals surface area contributed by atoms with Crippen molar-refractivity contribution in [2.24, 2.45) is 11.1 Å². The Kier molecular flexibility index (Phi) is 1.62. The van der Waals surface area contributed by atoms with Gasteiger partial charge in [0.2, 0.25) is 0 Å². The van der Waals surface area contributed by atoms with Crippen LogP contribution in [0.25, 0.3) is 0 Å². The fraction of sp³-hybridized carbons (Fsp3) is 0.900. The number of fused-ring (bicyclic) bond motifs is 1. The zero-order chi connectivity index (χ0) is 8.73. The first-order chi connectivity index (χ1) is 6.42. The maximum absolute atomic E-state index is 5.59. The predicted molar refractivity (Wildman–Crippen MR) is 49.4 cm³/mol. The fourth-order valence-electron chi connectivity index (χ4n) is 2.93. The van der Waals surface area contributed by atoms with Gasteiger partial charge in [-0.05, 0) is 25.7 Å². The molecule has 0 bridgehead atoms. The van der Waals surface area contributed by atoms with E-state index in [9.17, 15) is 0 Å². The summed E-state index contributed by atoms with van der Waals surface area (Å²) in [5.41, 5.74) is -0.0590. The van der Waals surface area contributed by atoms with Gasteiger partial charge < -0.3 is 4.84 Å². The average molecular weight is 179 g/mol. The first-order valence-corrected chi connectivity index (χ1v) is 5.31. The molecule has 1 saturated heterocycles. The monoisotopic (exact) mass is 179 g/mol. The number of rotatable bonds is 1. The van der Waals surface area contributed by atoms with Crippen LogP contribution in [0.4, 0.5) is 0 Å². The van der Waals surface area contributed by atoms with Crippen molar-refractivity contribution in [3.63, 3.8) is 0 Å². The second-order valence-corrected chi connectivity index (χ2v) is 4.30. The van der Waals surface area contributed by atoms with E-state index in [-0.39, 0.29) is 5.72 Å². The lowest BCUT2D eigenvalue weighted by Gasteiger charge is -2.35. The third-order valence-corrected chi connectivity index (χ3v) is 3.63. The highest BCUT2D eigenvalue weighted by atomic mass is 16.7. The van der Waals surface area contributed by atoms with Crippen LogP contribution in [0.5, 0.6) is 0 Å². The molecule has 0 aromatic rings. The van der Waals surface area contributed by atoms with Crippen LogP contribution in [-0.4, -0.2) is 29.9 Å². The number of hydrogen-bond acceptors (Lipinski definition) is 3. The molecule has 2 fully saturated rings. The van der Waals surface area contributed by atoms with Gasteiger partial charge in [-0.1, -0.05) is 5.16 Å². The van der Waals surface area contributed by atoms with Gasteiger partial charge in [0.15, 0.2) is 5.72 Å². The Bertz CT molecular complexity index is 235. The van der Waals surface area contributed by atoms with Gasteiger partial charge in [0.1, 0.15) is 6.21 Å². The lowest BCUT2D eigenvalue weighted by molar-refractivity contribution is -0.141. The summed E-state index contributed by atoms with van der Waals surface area (Å²) < 4.78 is 0. The summed E-state index contributed by atoms with van der Waals surface area (Å²) in [5.74, 6) is 0.450. The molecule has 0 N–H and O–H groups in total. The highest BCUT2D eigenvalue weighted by Gasteiger charge is 2.53. The summed E-state index contributed by atoms with van der Waals surface area (Å²) in [6.07, 6.45) is 9.35. The van der Waals surface area contributed by atoms with Gasteiger partial charge in [0.05, 0.1) is 5.92 Å². The first-order valence-electron chi connectivity index (χ1n) is 5.31. The molecular weight excluding hydrogens is 164 g/mol. The minimum absolute atomic E-state index is 0.0590. The molecular formula is C10H15N2O. The topological polar surface area (TPSA) is 24.8 Å². The van der Waals surface area contributed by atoms with E-state index in [1.807, 2.05) is 0 Å². The van der Waals surface area contributed by atoms with E-state index < -0.39 is 0 Å². The summed E-state index contributed by atoms with van der Waals surface area (Å²) in [5, 5.41) is 3.89. The Labute approximate surface area is 78.7 Å². The van der Waals surface area contributed by atoms with Gasteiger partial charge in [0, 0.05) is 19.5 Å². The zero-order valence-corrected chi connectivity index (χ0v) is 7.83. The zero-order valence-electron chi connectivity index (χ0n) is 7.83. The van der Waals surface area contributed by atoms with Gasteiger partial charge in [-0.25, -0.2) is 0 Å². The Morgan fingerprint density at radius 3 is 3.00 bits per heavy atom. The molecule has 3 aliphatic rings. The minimum Gasteiger partial charge on any atom is -0.372 e. The molecule has 0 aromatic heterocycles. The van der Waals surface area contributed by atoms with Gasteiger partial charge in [-0.15, -0.1) is 0 Å². The third kappa shape index (κ3) is 0.966. The molecule has 1 radical (unpaired) electrons. The van der Waals surface area contributed by atoms with Crippen LogP contribution < -0.4 is 0 Å². The molecule has 0 amide bonds. The maximum Gasteiger partial charge on any atom is 0.199 e. The van der Waals surface area contributed by atoms with E-state index in [4.69, 9.17) is 4.84 Å². The van der Waals surface area contributed by atoms with Crippen molar-refractivity contribution in [1.82, 2.24) is 4.90 Å². The molecule has 2 heterocycles. The van der Waals surface area contributed by atoms with Gasteiger partial charge in [0.25, 0.3) is 0 Å². The van der Waals surface area contributed by atoms with Crippen LogP contribution in [0, 0.1) is 5.92 Å². The molecule has 3 heteroatoms. The standard InChI is InChI=1S/C10H15N2O/c1-2-7-12(6-1)10-5-3-4-9(10)8-11-13-10/h9H,1-7H2. The van der Waals surface area contributed by atoms with E-state index in [1.165, 1.54) is 38.8 Å². The van der Waals surface area contributed by atoms with Crippen molar-refractivity contribution >= 4 is 6.21 Å². The molecule has 0 aromatic carbocycles. The first kappa shape index (κ1) is 7.80. The molecule has 3 rings (SSSR count). The van der Waals surface area contributed by atoms with Crippen molar-refractivity contribution in [3.8, 4) is 0 Å². The smallest absolute Gasteiger partial charge is 0.199 e. The summed E-state index contributed by atoms with van der Waals surface area (Å²) in [7, 11) is 0. The van der Waals surface area contributed by atoms with Crippen molar-refractivity contribution < 1.29 is 4.84 Å². The van der Waals surface area contributed by atoms with Gasteiger partial charge in [-0.3, -0.25) is 4.90 Å². The second kappa shape index (κ2) is 2.71. The van der Waals surface area contributed by atoms with Crippen LogP contribution >= 0.6 is 0 Å². The van der Waals surface area contributed by atoms with Crippen LogP contribution in [0.15, 0.2) is 5.16 Å². The maximum atomic E-state index is 5.59. The quantitative estimate of drug-likeness (QED) is 0.609. The molecule has 3 nitrogen and oxygen atoms in total. The Hall–Kier alpha value is -0.570. The van der Waals surface area contributed by atoms with Crippen molar-refractivity contribution in [3.05, 3.63) is 0 Å². The normalized spacial score (nSPS) is 43.8. The van der Waals surface area contributed by atoms with E-state index in [2.05, 4.69) is 16.3 Å². The molecule has 2 aliphatic heterocycles. The molecule has 2 atom stereocenters. The van der Waals surface area contributed by atoms with Crippen molar-refractivity contribution in [1.29, 1.82) is 0 Å². The summed E-state index contributed by atoms with van der Waals surface area (Å²) in [6.45, 7) is 2.38. The van der Waals surface area contributed by atoms with E-state index >= 15 is 0 Å². The third-order valence-electron chi connectivity index (χ3n) is 3.63. The number of likely N-dealkylation sites (tertiary alicyclic amines) is 1. The molecule has 1 aliphatic carbocycles. The summed E-state index contributed by atoms with van der Waals surface area (Å²) in [6, 6.07) is 0. The van der Waals surface area contributed by atoms with Crippen LogP contribution in [-0.2, 0) is 4.84 Å². The highest BCUT2D eigenvalue weighted by molar-refractivity contribution is 5.64. The number of hydrogen-bond donors (Lipinski definition) is 0. The fourth-order valence-corrected chi connectivity index (χ4v) is 2.93. The Morgan fingerprint density at radius 1 is 1.31 bits per heavy atom. The molecule has 13 heavy (non-hydrogen) atoms. The highest BCUT2D eigenvalue weighted by Crippen LogP contribution is 2.44.